The van der Waals surface area contributed by atoms with Gasteiger partial charge in [0.2, 0.25) is 6.10 Å². The maximum Gasteiger partial charge on any atom is 0.348 e. The van der Waals surface area contributed by atoms with Crippen molar-refractivity contribution in [3.63, 3.8) is 0 Å². The SMILES string of the molecule is COC(=O)[C@H](OC(=O)CCl)[C@H](Sc1ccccc1[N+](=O)[O-])c1ccc(OC)cc1. The van der Waals surface area contributed by atoms with E-state index in [2.05, 4.69) is 0 Å². The Morgan fingerprint density at radius 1 is 1.14 bits per heavy atom. The van der Waals surface area contributed by atoms with Gasteiger partial charge >= 0.3 is 11.9 Å². The van der Waals surface area contributed by atoms with Gasteiger partial charge in [-0.1, -0.05) is 24.3 Å². The van der Waals surface area contributed by atoms with Crippen molar-refractivity contribution in [1.29, 1.82) is 0 Å². The van der Waals surface area contributed by atoms with Gasteiger partial charge in [0.25, 0.3) is 5.69 Å². The molecule has 29 heavy (non-hydrogen) atoms. The molecule has 2 atom stereocenters. The lowest BCUT2D eigenvalue weighted by Gasteiger charge is -2.25. The second kappa shape index (κ2) is 10.7. The minimum absolute atomic E-state index is 0.136. The highest BCUT2D eigenvalue weighted by Crippen LogP contribution is 2.43. The van der Waals surface area contributed by atoms with Gasteiger partial charge in [-0.15, -0.1) is 23.4 Å². The molecule has 0 aliphatic carbocycles. The van der Waals surface area contributed by atoms with Gasteiger partial charge in [0.15, 0.2) is 0 Å². The Morgan fingerprint density at radius 2 is 1.79 bits per heavy atom. The summed E-state index contributed by atoms with van der Waals surface area (Å²) in [7, 11) is 2.67. The molecule has 10 heteroatoms. The van der Waals surface area contributed by atoms with Crippen molar-refractivity contribution in [2.24, 2.45) is 0 Å². The third-order valence-electron chi connectivity index (χ3n) is 3.84. The Labute approximate surface area is 176 Å². The summed E-state index contributed by atoms with van der Waals surface area (Å²) in [5, 5.41) is 10.6. The van der Waals surface area contributed by atoms with E-state index in [0.29, 0.717) is 16.2 Å². The second-order valence-corrected chi connectivity index (χ2v) is 7.05. The second-order valence-electron chi connectivity index (χ2n) is 5.60. The molecule has 0 saturated heterocycles. The number of alkyl halides is 1. The number of benzene rings is 2. The van der Waals surface area contributed by atoms with Crippen LogP contribution in [0.2, 0.25) is 0 Å². The average Bonchev–Trinajstić information content (AvgIpc) is 2.75. The quantitative estimate of drug-likeness (QED) is 0.191. The van der Waals surface area contributed by atoms with Gasteiger partial charge < -0.3 is 14.2 Å². The molecule has 0 N–H and O–H groups in total. The third-order valence-corrected chi connectivity index (χ3v) is 5.43. The van der Waals surface area contributed by atoms with Crippen molar-refractivity contribution in [3.8, 4) is 5.75 Å². The number of hydrogen-bond donors (Lipinski definition) is 0. The van der Waals surface area contributed by atoms with E-state index in [-0.39, 0.29) is 5.69 Å². The van der Waals surface area contributed by atoms with E-state index in [0.717, 1.165) is 18.9 Å². The number of hydrogen-bond acceptors (Lipinski definition) is 8. The fourth-order valence-electron chi connectivity index (χ4n) is 2.47. The number of nitro groups is 1. The Morgan fingerprint density at radius 3 is 2.34 bits per heavy atom. The summed E-state index contributed by atoms with van der Waals surface area (Å²) in [5.74, 6) is -1.51. The van der Waals surface area contributed by atoms with E-state index in [1.807, 2.05) is 0 Å². The number of rotatable bonds is 9. The highest BCUT2D eigenvalue weighted by atomic mass is 35.5. The number of nitro benzene ring substituents is 1. The van der Waals surface area contributed by atoms with E-state index >= 15 is 0 Å². The van der Waals surface area contributed by atoms with Crippen molar-refractivity contribution in [2.45, 2.75) is 16.2 Å². The lowest BCUT2D eigenvalue weighted by atomic mass is 10.1. The molecular formula is C19H18ClNO7S. The molecule has 0 spiro atoms. The van der Waals surface area contributed by atoms with Gasteiger partial charge in [0.1, 0.15) is 11.6 Å². The molecule has 0 fully saturated rings. The highest BCUT2D eigenvalue weighted by molar-refractivity contribution is 7.99. The van der Waals surface area contributed by atoms with Crippen LogP contribution in [0.15, 0.2) is 53.4 Å². The van der Waals surface area contributed by atoms with Gasteiger partial charge in [0, 0.05) is 6.07 Å². The smallest absolute Gasteiger partial charge is 0.348 e. The van der Waals surface area contributed by atoms with E-state index in [1.54, 1.807) is 36.4 Å². The number of methoxy groups -OCH3 is 2. The lowest BCUT2D eigenvalue weighted by Crippen LogP contribution is -2.33. The summed E-state index contributed by atoms with van der Waals surface area (Å²) in [5.41, 5.74) is 0.440. The van der Waals surface area contributed by atoms with Crippen LogP contribution in [0.3, 0.4) is 0 Å². The van der Waals surface area contributed by atoms with Gasteiger partial charge in [-0.05, 0) is 23.8 Å². The molecule has 0 aromatic heterocycles. The van der Waals surface area contributed by atoms with Gasteiger partial charge in [-0.25, -0.2) is 4.79 Å². The molecule has 0 heterocycles. The molecule has 0 aliphatic rings. The number of carbonyl (C=O) groups excluding carboxylic acids is 2. The number of esters is 2. The predicted octanol–water partition coefficient (Wildman–Crippen LogP) is 3.76. The van der Waals surface area contributed by atoms with Gasteiger partial charge in [-0.2, -0.15) is 0 Å². The van der Waals surface area contributed by atoms with Crippen LogP contribution < -0.4 is 4.74 Å². The molecule has 154 valence electrons. The van der Waals surface area contributed by atoms with Crippen molar-refractivity contribution >= 4 is 41.0 Å². The summed E-state index contributed by atoms with van der Waals surface area (Å²) in [6, 6.07) is 12.8. The van der Waals surface area contributed by atoms with E-state index in [9.17, 15) is 19.7 Å². The van der Waals surface area contributed by atoms with Crippen LogP contribution >= 0.6 is 23.4 Å². The van der Waals surface area contributed by atoms with Crippen LogP contribution in [0.25, 0.3) is 0 Å². The minimum Gasteiger partial charge on any atom is -0.497 e. The zero-order valence-corrected chi connectivity index (χ0v) is 17.1. The van der Waals surface area contributed by atoms with Crippen LogP contribution in [0.4, 0.5) is 5.69 Å². The zero-order valence-electron chi connectivity index (χ0n) is 15.6. The van der Waals surface area contributed by atoms with Crippen molar-refractivity contribution in [1.82, 2.24) is 0 Å². The Kier molecular flexibility index (Phi) is 8.29. The standard InChI is InChI=1S/C19H18ClNO7S/c1-26-13-9-7-12(8-10-13)18(17(19(23)27-2)28-16(22)11-20)29-15-6-4-3-5-14(15)21(24)25/h3-10,17-18H,11H2,1-2H3/t17-,18-/m1/s1. The number of halogens is 1. The lowest BCUT2D eigenvalue weighted by molar-refractivity contribution is -0.387. The largest absolute Gasteiger partial charge is 0.497 e. The molecule has 2 aromatic rings. The summed E-state index contributed by atoms with van der Waals surface area (Å²) >= 11 is 6.53. The highest BCUT2D eigenvalue weighted by Gasteiger charge is 2.36. The maximum absolute atomic E-state index is 12.4. The van der Waals surface area contributed by atoms with Crippen LogP contribution in [0.1, 0.15) is 10.8 Å². The molecule has 2 rings (SSSR count). The maximum atomic E-state index is 12.4. The summed E-state index contributed by atoms with van der Waals surface area (Å²) < 4.78 is 15.2. The molecule has 2 aromatic carbocycles. The Balaban J connectivity index is 2.52. The number of carbonyl (C=O) groups is 2. The van der Waals surface area contributed by atoms with E-state index < -0.39 is 34.1 Å². The number of thioether (sulfide) groups is 1. The van der Waals surface area contributed by atoms with Crippen molar-refractivity contribution in [2.75, 3.05) is 20.1 Å². The summed E-state index contributed by atoms with van der Waals surface area (Å²) in [6.45, 7) is 0. The van der Waals surface area contributed by atoms with E-state index in [1.165, 1.54) is 19.2 Å². The average molecular weight is 440 g/mol. The topological polar surface area (TPSA) is 105 Å². The predicted molar refractivity (Wildman–Crippen MR) is 107 cm³/mol. The molecule has 8 nitrogen and oxygen atoms in total. The fourth-order valence-corrected chi connectivity index (χ4v) is 3.81. The number of ether oxygens (including phenoxy) is 3. The van der Waals surface area contributed by atoms with E-state index in [4.69, 9.17) is 25.8 Å². The first kappa shape index (κ1) is 22.5. The molecule has 0 aliphatic heterocycles. The summed E-state index contributed by atoms with van der Waals surface area (Å²) in [4.78, 5) is 35.4. The van der Waals surface area contributed by atoms with Crippen LogP contribution in [0, 0.1) is 10.1 Å². The molecular weight excluding hydrogens is 422 g/mol. The minimum atomic E-state index is -1.37. The van der Waals surface area contributed by atoms with Crippen molar-refractivity contribution in [3.05, 3.63) is 64.2 Å². The van der Waals surface area contributed by atoms with Gasteiger partial charge in [-0.3, -0.25) is 14.9 Å². The molecule has 0 radical (unpaired) electrons. The molecule has 0 bridgehead atoms. The van der Waals surface area contributed by atoms with Gasteiger partial charge in [0.05, 0.1) is 29.3 Å². The Bertz CT molecular complexity index is 875. The normalized spacial score (nSPS) is 12.5. The first-order chi connectivity index (χ1) is 13.9. The third kappa shape index (κ3) is 5.85. The molecule has 0 amide bonds. The number of nitrogens with zero attached hydrogens (tertiary/aromatic N) is 1. The van der Waals surface area contributed by atoms with Crippen LogP contribution in [0.5, 0.6) is 5.75 Å². The van der Waals surface area contributed by atoms with Crippen LogP contribution in [-0.2, 0) is 19.1 Å². The number of para-hydroxylation sites is 1. The van der Waals surface area contributed by atoms with Crippen molar-refractivity contribution < 1.29 is 28.7 Å². The summed E-state index contributed by atoms with van der Waals surface area (Å²) in [6.07, 6.45) is -1.37. The first-order valence-electron chi connectivity index (χ1n) is 8.28. The monoisotopic (exact) mass is 439 g/mol. The fraction of sp³-hybridized carbons (Fsp3) is 0.263. The Hall–Kier alpha value is -2.78. The first-order valence-corrected chi connectivity index (χ1v) is 9.70. The molecule has 0 unspecified atom stereocenters. The molecule has 0 saturated carbocycles. The zero-order chi connectivity index (χ0) is 21.4. The van der Waals surface area contributed by atoms with Crippen LogP contribution in [-0.4, -0.2) is 43.1 Å².